The van der Waals surface area contributed by atoms with Crippen LogP contribution in [0.15, 0.2) is 23.4 Å². The largest absolute Gasteiger partial charge is 0.343 e. The minimum absolute atomic E-state index is 0.0237. The second-order valence-corrected chi connectivity index (χ2v) is 6.50. The first-order valence-corrected chi connectivity index (χ1v) is 8.29. The Balaban J connectivity index is 1.77. The van der Waals surface area contributed by atoms with Crippen LogP contribution in [-0.2, 0) is 9.59 Å². The maximum atomic E-state index is 12.6. The number of carbonyl (C=O) groups is 2. The van der Waals surface area contributed by atoms with Crippen molar-refractivity contribution < 1.29 is 9.59 Å². The number of rotatable bonds is 3. The summed E-state index contributed by atoms with van der Waals surface area (Å²) in [4.78, 5) is 32.8. The molecule has 112 valence electrons. The molecule has 1 atom stereocenters. The minimum Gasteiger partial charge on any atom is -0.343 e. The van der Waals surface area contributed by atoms with Crippen LogP contribution in [0.2, 0.25) is 0 Å². The van der Waals surface area contributed by atoms with Gasteiger partial charge in [-0.25, -0.2) is 4.98 Å². The Morgan fingerprint density at radius 2 is 2.19 bits per heavy atom. The van der Waals surface area contributed by atoms with E-state index in [4.69, 9.17) is 0 Å². The highest BCUT2D eigenvalue weighted by Gasteiger charge is 2.35. The lowest BCUT2D eigenvalue weighted by Crippen LogP contribution is -2.43. The average molecular weight is 305 g/mol. The molecule has 6 heteroatoms. The van der Waals surface area contributed by atoms with Crippen molar-refractivity contribution in [3.63, 3.8) is 0 Å². The first kappa shape index (κ1) is 14.4. The lowest BCUT2D eigenvalue weighted by Gasteiger charge is -2.32. The quantitative estimate of drug-likeness (QED) is 0.856. The van der Waals surface area contributed by atoms with Crippen LogP contribution in [0.25, 0.3) is 0 Å². The lowest BCUT2D eigenvalue weighted by molar-refractivity contribution is -0.132. The maximum Gasteiger partial charge on any atom is 0.241 e. The predicted octanol–water partition coefficient (Wildman–Crippen LogP) is 1.92. The zero-order valence-electron chi connectivity index (χ0n) is 12.1. The van der Waals surface area contributed by atoms with E-state index in [9.17, 15) is 9.59 Å². The number of likely N-dealkylation sites (tertiary alicyclic amines) is 1. The van der Waals surface area contributed by atoms with E-state index in [0.717, 1.165) is 36.6 Å². The van der Waals surface area contributed by atoms with E-state index in [-0.39, 0.29) is 23.5 Å². The van der Waals surface area contributed by atoms with E-state index in [1.54, 1.807) is 11.1 Å². The topological polar surface area (TPSA) is 53.5 Å². The number of pyridine rings is 1. The highest BCUT2D eigenvalue weighted by Crippen LogP contribution is 2.38. The molecule has 0 aliphatic carbocycles. The molecule has 21 heavy (non-hydrogen) atoms. The summed E-state index contributed by atoms with van der Waals surface area (Å²) < 4.78 is 0. The molecule has 2 aliphatic rings. The Bertz CT molecular complexity index is 558. The van der Waals surface area contributed by atoms with Gasteiger partial charge in [0.15, 0.2) is 0 Å². The zero-order valence-corrected chi connectivity index (χ0v) is 12.9. The fourth-order valence-corrected chi connectivity index (χ4v) is 4.01. The molecule has 2 aliphatic heterocycles. The number of hydrogen-bond acceptors (Lipinski definition) is 4. The van der Waals surface area contributed by atoms with Crippen LogP contribution in [0.1, 0.15) is 26.2 Å². The molecule has 3 rings (SSSR count). The Kier molecular flexibility index (Phi) is 4.14. The molecule has 2 amide bonds. The zero-order chi connectivity index (χ0) is 14.8. The monoisotopic (exact) mass is 305 g/mol. The molecule has 3 heterocycles. The van der Waals surface area contributed by atoms with Crippen LogP contribution in [0.4, 0.5) is 5.69 Å². The van der Waals surface area contributed by atoms with E-state index >= 15 is 0 Å². The number of fused-ring (bicyclic) bond motifs is 1. The van der Waals surface area contributed by atoms with Gasteiger partial charge in [-0.2, -0.15) is 0 Å². The summed E-state index contributed by atoms with van der Waals surface area (Å²) >= 11 is 1.42. The number of amides is 2. The molecular formula is C15H19N3O2S. The van der Waals surface area contributed by atoms with Crippen LogP contribution >= 0.6 is 11.8 Å². The Hall–Kier alpha value is -1.56. The molecule has 0 saturated carbocycles. The van der Waals surface area contributed by atoms with Crippen molar-refractivity contribution in [3.05, 3.63) is 18.3 Å². The van der Waals surface area contributed by atoms with E-state index in [0.29, 0.717) is 6.54 Å². The van der Waals surface area contributed by atoms with Gasteiger partial charge >= 0.3 is 0 Å². The van der Waals surface area contributed by atoms with Crippen molar-refractivity contribution in [1.82, 2.24) is 9.88 Å². The summed E-state index contributed by atoms with van der Waals surface area (Å²) in [7, 11) is 0. The molecule has 1 saturated heterocycles. The number of anilines is 1. The average Bonchev–Trinajstić information content (AvgIpc) is 3.02. The highest BCUT2D eigenvalue weighted by molar-refractivity contribution is 8.00. The van der Waals surface area contributed by atoms with Crippen molar-refractivity contribution in [2.24, 2.45) is 0 Å². The van der Waals surface area contributed by atoms with Gasteiger partial charge in [-0.3, -0.25) is 9.59 Å². The number of aromatic nitrogens is 1. The highest BCUT2D eigenvalue weighted by atomic mass is 32.2. The van der Waals surface area contributed by atoms with Gasteiger partial charge in [-0.15, -0.1) is 0 Å². The molecule has 0 radical (unpaired) electrons. The number of thioether (sulfide) groups is 1. The van der Waals surface area contributed by atoms with Gasteiger partial charge in [0.1, 0.15) is 5.03 Å². The second kappa shape index (κ2) is 6.05. The molecule has 0 aromatic carbocycles. The number of nitrogens with zero attached hydrogens (tertiary/aromatic N) is 3. The van der Waals surface area contributed by atoms with Crippen molar-refractivity contribution in [1.29, 1.82) is 0 Å². The summed E-state index contributed by atoms with van der Waals surface area (Å²) in [5.41, 5.74) is 0.861. The Morgan fingerprint density at radius 3 is 2.90 bits per heavy atom. The van der Waals surface area contributed by atoms with Gasteiger partial charge < -0.3 is 9.80 Å². The van der Waals surface area contributed by atoms with Crippen molar-refractivity contribution in [3.8, 4) is 0 Å². The molecular weight excluding hydrogens is 286 g/mol. The summed E-state index contributed by atoms with van der Waals surface area (Å²) in [6.45, 7) is 4.21. The van der Waals surface area contributed by atoms with Gasteiger partial charge in [0.05, 0.1) is 10.9 Å². The molecule has 0 spiro atoms. The molecule has 1 fully saturated rings. The van der Waals surface area contributed by atoms with Gasteiger partial charge in [-0.1, -0.05) is 11.8 Å². The molecule has 0 N–H and O–H groups in total. The van der Waals surface area contributed by atoms with E-state index in [1.807, 2.05) is 24.0 Å². The number of hydrogen-bond donors (Lipinski definition) is 0. The Morgan fingerprint density at radius 1 is 1.43 bits per heavy atom. The first-order chi connectivity index (χ1) is 10.2. The van der Waals surface area contributed by atoms with Crippen LogP contribution in [0.5, 0.6) is 0 Å². The van der Waals surface area contributed by atoms with Gasteiger partial charge in [0, 0.05) is 32.3 Å². The normalized spacial score (nSPS) is 21.6. The Labute approximate surface area is 128 Å². The maximum absolute atomic E-state index is 12.6. The lowest BCUT2D eigenvalue weighted by atomic mass is 10.2. The van der Waals surface area contributed by atoms with E-state index in [1.165, 1.54) is 11.8 Å². The van der Waals surface area contributed by atoms with E-state index < -0.39 is 0 Å². The van der Waals surface area contributed by atoms with Crippen LogP contribution in [0.3, 0.4) is 0 Å². The molecule has 1 unspecified atom stereocenters. The van der Waals surface area contributed by atoms with Crippen molar-refractivity contribution in [2.75, 3.05) is 24.5 Å². The fraction of sp³-hybridized carbons (Fsp3) is 0.533. The van der Waals surface area contributed by atoms with Gasteiger partial charge in [0.2, 0.25) is 11.8 Å². The van der Waals surface area contributed by atoms with Gasteiger partial charge in [-0.05, 0) is 31.9 Å². The predicted molar refractivity (Wildman–Crippen MR) is 82.3 cm³/mol. The van der Waals surface area contributed by atoms with Gasteiger partial charge in [0.25, 0.3) is 0 Å². The van der Waals surface area contributed by atoms with Crippen LogP contribution < -0.4 is 4.90 Å². The molecule has 1 aromatic heterocycles. The summed E-state index contributed by atoms with van der Waals surface area (Å²) in [6, 6.07) is 3.75. The third kappa shape index (κ3) is 2.77. The molecule has 1 aromatic rings. The smallest absolute Gasteiger partial charge is 0.241 e. The molecule has 5 nitrogen and oxygen atoms in total. The second-order valence-electron chi connectivity index (χ2n) is 5.31. The standard InChI is InChI=1S/C15H19N3O2S/c1-2-18-11-6-5-7-16-14(11)21-12(15(18)20)10-13(19)17-8-3-4-9-17/h5-7,12H,2-4,8-10H2,1H3. The number of carbonyl (C=O) groups excluding carboxylic acids is 2. The van der Waals surface area contributed by atoms with Crippen molar-refractivity contribution >= 4 is 29.3 Å². The third-order valence-corrected chi connectivity index (χ3v) is 5.16. The SMILES string of the molecule is CCN1C(=O)C(CC(=O)N2CCCC2)Sc2ncccc21. The summed E-state index contributed by atoms with van der Waals surface area (Å²) in [5, 5.41) is 0.499. The summed E-state index contributed by atoms with van der Waals surface area (Å²) in [5.74, 6) is 0.115. The van der Waals surface area contributed by atoms with Crippen molar-refractivity contribution in [2.45, 2.75) is 36.5 Å². The third-order valence-electron chi connectivity index (χ3n) is 3.97. The van der Waals surface area contributed by atoms with E-state index in [2.05, 4.69) is 4.98 Å². The minimum atomic E-state index is -0.347. The molecule has 0 bridgehead atoms. The summed E-state index contributed by atoms with van der Waals surface area (Å²) in [6.07, 6.45) is 4.15. The first-order valence-electron chi connectivity index (χ1n) is 7.41. The van der Waals surface area contributed by atoms with Crippen LogP contribution in [-0.4, -0.2) is 46.6 Å². The van der Waals surface area contributed by atoms with Crippen LogP contribution in [0, 0.1) is 0 Å². The fourth-order valence-electron chi connectivity index (χ4n) is 2.87.